The molecule has 0 N–H and O–H groups in total. The molecule has 1 fully saturated rings. The summed E-state index contributed by atoms with van der Waals surface area (Å²) in [4.78, 5) is 16.1. The van der Waals surface area contributed by atoms with E-state index in [1.807, 2.05) is 27.7 Å². The van der Waals surface area contributed by atoms with Gasteiger partial charge in [0.05, 0.1) is 24.7 Å². The lowest BCUT2D eigenvalue weighted by Gasteiger charge is -2.32. The second kappa shape index (κ2) is 6.18. The number of carbonyl (C=O) groups is 1. The molecule has 1 saturated heterocycles. The molecule has 120 valence electrons. The zero-order valence-corrected chi connectivity index (χ0v) is 14.3. The van der Waals surface area contributed by atoms with Crippen molar-refractivity contribution in [3.05, 3.63) is 29.0 Å². The fourth-order valence-electron chi connectivity index (χ4n) is 2.28. The number of esters is 1. The van der Waals surface area contributed by atoms with Crippen molar-refractivity contribution in [3.8, 4) is 0 Å². The second-order valence-corrected chi connectivity index (χ2v) is 6.85. The minimum absolute atomic E-state index is 0.112. The van der Waals surface area contributed by atoms with Crippen molar-refractivity contribution >= 4 is 24.7 Å². The first kappa shape index (κ1) is 17.3. The molecule has 1 aromatic rings. The molecular formula is C15H21BClNO4. The molecule has 0 saturated carbocycles. The lowest BCUT2D eigenvalue weighted by Crippen LogP contribution is -2.41. The lowest BCUT2D eigenvalue weighted by atomic mass is 9.68. The highest BCUT2D eigenvalue weighted by Crippen LogP contribution is 2.41. The highest BCUT2D eigenvalue weighted by atomic mass is 35.5. The van der Waals surface area contributed by atoms with Crippen LogP contribution in [0.25, 0.3) is 0 Å². The Labute approximate surface area is 136 Å². The molecular weight excluding hydrogens is 304 g/mol. The van der Waals surface area contributed by atoms with E-state index in [0.29, 0.717) is 10.7 Å². The van der Waals surface area contributed by atoms with Crippen LogP contribution in [0.15, 0.2) is 18.3 Å². The number of rotatable bonds is 4. The topological polar surface area (TPSA) is 57.7 Å². The average Bonchev–Trinajstić information content (AvgIpc) is 2.64. The average molecular weight is 326 g/mol. The minimum Gasteiger partial charge on any atom is -0.469 e. The highest BCUT2D eigenvalue weighted by molar-refractivity contribution is 6.48. The van der Waals surface area contributed by atoms with E-state index < -0.39 is 18.3 Å². The number of aromatic nitrogens is 1. The van der Waals surface area contributed by atoms with Crippen LogP contribution in [0.5, 0.6) is 0 Å². The van der Waals surface area contributed by atoms with Gasteiger partial charge in [0.15, 0.2) is 0 Å². The Bertz CT molecular complexity index is 548. The summed E-state index contributed by atoms with van der Waals surface area (Å²) in [5.41, 5.74) is -0.314. The molecule has 2 heterocycles. The first-order valence-electron chi connectivity index (χ1n) is 7.20. The molecule has 0 radical (unpaired) electrons. The maximum absolute atomic E-state index is 11.8. The van der Waals surface area contributed by atoms with E-state index >= 15 is 0 Å². The Hall–Kier alpha value is -1.11. The Kier molecular flexibility index (Phi) is 4.85. The van der Waals surface area contributed by atoms with Crippen LogP contribution in [-0.4, -0.2) is 36.4 Å². The number of methoxy groups -OCH3 is 1. The molecule has 1 atom stereocenters. The second-order valence-electron chi connectivity index (χ2n) is 6.41. The molecule has 2 rings (SSSR count). The van der Waals surface area contributed by atoms with Gasteiger partial charge in [0, 0.05) is 22.7 Å². The summed E-state index contributed by atoms with van der Waals surface area (Å²) in [6.07, 6.45) is 1.72. The monoisotopic (exact) mass is 325 g/mol. The van der Waals surface area contributed by atoms with Crippen molar-refractivity contribution in [2.45, 2.75) is 51.1 Å². The number of nitrogens with zero attached hydrogens (tertiary/aromatic N) is 1. The Morgan fingerprint density at radius 1 is 1.36 bits per heavy atom. The van der Waals surface area contributed by atoms with Gasteiger partial charge in [-0.05, 0) is 39.8 Å². The van der Waals surface area contributed by atoms with Crippen molar-refractivity contribution in [2.75, 3.05) is 7.11 Å². The number of hydrogen-bond donors (Lipinski definition) is 0. The van der Waals surface area contributed by atoms with Crippen molar-refractivity contribution in [2.24, 2.45) is 0 Å². The first-order chi connectivity index (χ1) is 10.2. The third-order valence-corrected chi connectivity index (χ3v) is 4.57. The molecule has 0 spiro atoms. The maximum atomic E-state index is 11.8. The predicted octanol–water partition coefficient (Wildman–Crippen LogP) is 3.01. The molecule has 0 bridgehead atoms. The van der Waals surface area contributed by atoms with Gasteiger partial charge in [-0.3, -0.25) is 9.78 Å². The van der Waals surface area contributed by atoms with Gasteiger partial charge < -0.3 is 14.0 Å². The molecule has 5 nitrogen and oxygen atoms in total. The number of hydrogen-bond acceptors (Lipinski definition) is 5. The van der Waals surface area contributed by atoms with Crippen LogP contribution in [0.2, 0.25) is 5.02 Å². The number of carbonyl (C=O) groups excluding carboxylic acids is 1. The quantitative estimate of drug-likeness (QED) is 0.629. The summed E-state index contributed by atoms with van der Waals surface area (Å²) in [5.74, 6) is -0.728. The van der Waals surface area contributed by atoms with Gasteiger partial charge in [-0.2, -0.15) is 0 Å². The Morgan fingerprint density at radius 3 is 2.45 bits per heavy atom. The third-order valence-electron chi connectivity index (χ3n) is 4.34. The zero-order valence-electron chi connectivity index (χ0n) is 13.6. The van der Waals surface area contributed by atoms with Crippen molar-refractivity contribution in [3.63, 3.8) is 0 Å². The molecule has 0 aromatic carbocycles. The van der Waals surface area contributed by atoms with Crippen LogP contribution in [0.3, 0.4) is 0 Å². The Morgan fingerprint density at radius 2 is 1.95 bits per heavy atom. The van der Waals surface area contributed by atoms with Crippen LogP contribution in [0, 0.1) is 0 Å². The van der Waals surface area contributed by atoms with Crippen LogP contribution in [0.4, 0.5) is 0 Å². The lowest BCUT2D eigenvalue weighted by molar-refractivity contribution is -0.140. The van der Waals surface area contributed by atoms with E-state index in [1.165, 1.54) is 7.11 Å². The molecule has 22 heavy (non-hydrogen) atoms. The fraction of sp³-hybridized carbons (Fsp3) is 0.600. The van der Waals surface area contributed by atoms with Crippen molar-refractivity contribution < 1.29 is 18.8 Å². The van der Waals surface area contributed by atoms with Crippen LogP contribution >= 0.6 is 11.6 Å². The smallest absolute Gasteiger partial charge is 0.468 e. The largest absolute Gasteiger partial charge is 0.469 e. The Balaban J connectivity index is 2.32. The van der Waals surface area contributed by atoms with Crippen LogP contribution in [-0.2, 0) is 18.8 Å². The standard InChI is InChI=1S/C15H21BClNO4/c1-14(2)15(3,4)22-16(21-14)11(9-13(19)20-5)12-8-10(17)6-7-18-12/h6-8,11H,9H2,1-5H3. The van der Waals surface area contributed by atoms with Gasteiger partial charge in [0.25, 0.3) is 0 Å². The maximum Gasteiger partial charge on any atom is 0.468 e. The third kappa shape index (κ3) is 3.45. The summed E-state index contributed by atoms with van der Waals surface area (Å²) in [6.45, 7) is 7.86. The molecule has 0 amide bonds. The molecule has 0 aliphatic carbocycles. The summed E-state index contributed by atoms with van der Waals surface area (Å²) < 4.78 is 16.9. The van der Waals surface area contributed by atoms with Gasteiger partial charge in [-0.15, -0.1) is 0 Å². The molecule has 1 aliphatic rings. The van der Waals surface area contributed by atoms with Crippen LogP contribution < -0.4 is 0 Å². The van der Waals surface area contributed by atoms with E-state index in [1.54, 1.807) is 18.3 Å². The summed E-state index contributed by atoms with van der Waals surface area (Å²) in [7, 11) is 0.768. The molecule has 1 aromatic heterocycles. The zero-order chi connectivity index (χ0) is 16.5. The summed E-state index contributed by atoms with van der Waals surface area (Å²) in [5, 5.41) is 0.552. The summed E-state index contributed by atoms with van der Waals surface area (Å²) >= 11 is 6.04. The molecule has 1 unspecified atom stereocenters. The van der Waals surface area contributed by atoms with Crippen molar-refractivity contribution in [1.82, 2.24) is 4.98 Å². The van der Waals surface area contributed by atoms with Gasteiger partial charge >= 0.3 is 13.1 Å². The molecule has 1 aliphatic heterocycles. The van der Waals surface area contributed by atoms with Gasteiger partial charge in [0.1, 0.15) is 0 Å². The minimum atomic E-state index is -0.588. The normalized spacial score (nSPS) is 20.7. The van der Waals surface area contributed by atoms with Gasteiger partial charge in [-0.1, -0.05) is 11.6 Å². The first-order valence-corrected chi connectivity index (χ1v) is 7.58. The predicted molar refractivity (Wildman–Crippen MR) is 84.7 cm³/mol. The van der Waals surface area contributed by atoms with E-state index in [9.17, 15) is 4.79 Å². The van der Waals surface area contributed by atoms with Gasteiger partial charge in [-0.25, -0.2) is 0 Å². The summed E-state index contributed by atoms with van der Waals surface area (Å²) in [6, 6.07) is 3.41. The van der Waals surface area contributed by atoms with Crippen molar-refractivity contribution in [1.29, 1.82) is 0 Å². The van der Waals surface area contributed by atoms with E-state index in [-0.39, 0.29) is 18.2 Å². The van der Waals surface area contributed by atoms with Gasteiger partial charge in [0.2, 0.25) is 0 Å². The van der Waals surface area contributed by atoms with E-state index in [0.717, 1.165) is 0 Å². The highest BCUT2D eigenvalue weighted by Gasteiger charge is 2.54. The fourth-order valence-corrected chi connectivity index (χ4v) is 2.45. The van der Waals surface area contributed by atoms with Crippen LogP contribution in [0.1, 0.15) is 45.6 Å². The number of ether oxygens (including phenoxy) is 1. The van der Waals surface area contributed by atoms with E-state index in [4.69, 9.17) is 25.6 Å². The molecule has 7 heteroatoms. The van der Waals surface area contributed by atoms with E-state index in [2.05, 4.69) is 4.98 Å². The number of pyridine rings is 1. The SMILES string of the molecule is COC(=O)CC(B1OC(C)(C)C(C)(C)O1)c1cc(Cl)ccn1. The number of halogens is 1.